The lowest BCUT2D eigenvalue weighted by atomic mass is 9.92. The Morgan fingerprint density at radius 1 is 1.22 bits per heavy atom. The van der Waals surface area contributed by atoms with Crippen LogP contribution in [0.1, 0.15) is 34.6 Å². The number of aromatic nitrogens is 2. The van der Waals surface area contributed by atoms with Gasteiger partial charge in [0.1, 0.15) is 11.6 Å². The number of benzene rings is 2. The van der Waals surface area contributed by atoms with E-state index in [1.807, 2.05) is 31.2 Å². The van der Waals surface area contributed by atoms with Gasteiger partial charge in [0.2, 0.25) is 11.8 Å². The van der Waals surface area contributed by atoms with Crippen LogP contribution in [0, 0.1) is 19.7 Å². The van der Waals surface area contributed by atoms with E-state index in [2.05, 4.69) is 20.6 Å². The molecule has 4 rings (SSSR count). The Bertz CT molecular complexity index is 1270. The highest BCUT2D eigenvalue weighted by Crippen LogP contribution is 2.31. The average molecular weight is 453 g/mol. The number of hydrogen-bond donors (Lipinski definition) is 3. The lowest BCUT2D eigenvalue weighted by Gasteiger charge is -2.23. The molecule has 1 aromatic heterocycles. The summed E-state index contributed by atoms with van der Waals surface area (Å²) in [6.45, 7) is 3.72. The number of aryl methyl sites for hydroxylation is 2. The highest BCUT2D eigenvalue weighted by molar-refractivity contribution is 7.98. The second-order valence-corrected chi connectivity index (χ2v) is 8.63. The predicted molar refractivity (Wildman–Crippen MR) is 121 cm³/mol. The van der Waals surface area contributed by atoms with E-state index in [-0.39, 0.29) is 23.5 Å². The van der Waals surface area contributed by atoms with E-state index in [0.29, 0.717) is 16.5 Å². The normalized spacial score (nSPS) is 15.1. The number of rotatable bonds is 5. The van der Waals surface area contributed by atoms with Crippen molar-refractivity contribution in [2.24, 2.45) is 0 Å². The molecule has 32 heavy (non-hydrogen) atoms. The van der Waals surface area contributed by atoms with Gasteiger partial charge in [-0.05, 0) is 37.1 Å². The molecular weight excluding hydrogens is 431 g/mol. The third-order valence-corrected chi connectivity index (χ3v) is 6.11. The maximum Gasteiger partial charge on any atom is 0.257 e. The Balaban J connectivity index is 1.59. The molecule has 1 aliphatic heterocycles. The van der Waals surface area contributed by atoms with Gasteiger partial charge in [-0.2, -0.15) is 0 Å². The van der Waals surface area contributed by atoms with Crippen molar-refractivity contribution in [3.05, 3.63) is 80.9 Å². The van der Waals surface area contributed by atoms with Crippen LogP contribution in [0.3, 0.4) is 0 Å². The number of hydrogen-bond acceptors (Lipinski definition) is 5. The third-order valence-electron chi connectivity index (χ3n) is 5.16. The number of aromatic amines is 1. The molecule has 0 spiro atoms. The van der Waals surface area contributed by atoms with Gasteiger partial charge in [0.15, 0.2) is 5.16 Å². The zero-order valence-electron chi connectivity index (χ0n) is 17.5. The molecule has 3 aromatic rings. The van der Waals surface area contributed by atoms with Crippen molar-refractivity contribution in [2.75, 3.05) is 10.6 Å². The monoisotopic (exact) mass is 452 g/mol. The van der Waals surface area contributed by atoms with Crippen molar-refractivity contribution in [3.63, 3.8) is 0 Å². The second-order valence-electron chi connectivity index (χ2n) is 7.66. The Hall–Kier alpha value is -3.46. The zero-order valence-corrected chi connectivity index (χ0v) is 18.3. The lowest BCUT2D eigenvalue weighted by Crippen LogP contribution is -2.36. The molecule has 1 aliphatic rings. The van der Waals surface area contributed by atoms with Crippen LogP contribution >= 0.6 is 11.8 Å². The van der Waals surface area contributed by atoms with E-state index < -0.39 is 29.1 Å². The maximum atomic E-state index is 13.6. The minimum absolute atomic E-state index is 0.0767. The number of halogens is 1. The summed E-state index contributed by atoms with van der Waals surface area (Å²) in [7, 11) is 0. The molecule has 2 aromatic carbocycles. The lowest BCUT2D eigenvalue weighted by molar-refractivity contribution is -0.123. The third kappa shape index (κ3) is 4.72. The molecule has 2 heterocycles. The molecule has 2 amide bonds. The topological polar surface area (TPSA) is 104 Å². The number of fused-ring (bicyclic) bond motifs is 1. The van der Waals surface area contributed by atoms with Crippen LogP contribution in [-0.2, 0) is 15.3 Å². The smallest absolute Gasteiger partial charge is 0.257 e. The molecule has 164 valence electrons. The summed E-state index contributed by atoms with van der Waals surface area (Å²) in [6.07, 6.45) is -0.201. The Kier molecular flexibility index (Phi) is 6.09. The summed E-state index contributed by atoms with van der Waals surface area (Å²) in [5.74, 6) is -1.85. The SMILES string of the molecule is Cc1cccc(CSc2nc3c(c(=O)[nH]2)[C@@H](C(=O)Nc2cc(F)ccc2C)CC(=O)N3)c1. The highest BCUT2D eigenvalue weighted by Gasteiger charge is 2.35. The first-order chi connectivity index (χ1) is 15.3. The number of thioether (sulfide) groups is 1. The summed E-state index contributed by atoms with van der Waals surface area (Å²) in [4.78, 5) is 45.1. The quantitative estimate of drug-likeness (QED) is 0.403. The van der Waals surface area contributed by atoms with E-state index in [9.17, 15) is 18.8 Å². The maximum absolute atomic E-state index is 13.6. The molecule has 0 unspecified atom stereocenters. The van der Waals surface area contributed by atoms with Crippen molar-refractivity contribution in [1.82, 2.24) is 9.97 Å². The van der Waals surface area contributed by atoms with Gasteiger partial charge in [0.25, 0.3) is 5.56 Å². The number of carbonyl (C=O) groups excluding carboxylic acids is 2. The van der Waals surface area contributed by atoms with Gasteiger partial charge >= 0.3 is 0 Å². The first kappa shape index (κ1) is 21.8. The van der Waals surface area contributed by atoms with Gasteiger partial charge in [-0.3, -0.25) is 14.4 Å². The van der Waals surface area contributed by atoms with Crippen molar-refractivity contribution in [1.29, 1.82) is 0 Å². The van der Waals surface area contributed by atoms with Crippen LogP contribution in [0.4, 0.5) is 15.9 Å². The minimum atomic E-state index is -1.03. The number of carbonyl (C=O) groups is 2. The van der Waals surface area contributed by atoms with Crippen molar-refractivity contribution in [2.45, 2.75) is 37.1 Å². The molecule has 9 heteroatoms. The van der Waals surface area contributed by atoms with E-state index >= 15 is 0 Å². The predicted octanol–water partition coefficient (Wildman–Crippen LogP) is 3.88. The molecule has 1 atom stereocenters. The molecule has 3 N–H and O–H groups in total. The zero-order chi connectivity index (χ0) is 22.8. The van der Waals surface area contributed by atoms with Gasteiger partial charge in [0, 0.05) is 17.9 Å². The number of nitrogens with zero attached hydrogens (tertiary/aromatic N) is 1. The van der Waals surface area contributed by atoms with Crippen LogP contribution in [-0.4, -0.2) is 21.8 Å². The molecule has 7 nitrogen and oxygen atoms in total. The average Bonchev–Trinajstić information content (AvgIpc) is 2.74. The van der Waals surface area contributed by atoms with Crippen LogP contribution in [0.25, 0.3) is 0 Å². The summed E-state index contributed by atoms with van der Waals surface area (Å²) in [5, 5.41) is 5.57. The molecule has 0 aliphatic carbocycles. The standard InChI is InChI=1S/C23H21FN4O3S/c1-12-4-3-5-14(8-12)11-32-23-27-20-19(22(31)28-23)16(10-18(29)26-20)21(30)25-17-9-15(24)7-6-13(17)2/h3-9,16H,10-11H2,1-2H3,(H,25,30)(H2,26,27,28,29,31)/t16-/m0/s1. The Morgan fingerprint density at radius 2 is 2.03 bits per heavy atom. The van der Waals surface area contributed by atoms with Gasteiger partial charge in [-0.15, -0.1) is 0 Å². The number of H-pyrrole nitrogens is 1. The van der Waals surface area contributed by atoms with Gasteiger partial charge < -0.3 is 15.6 Å². The number of anilines is 2. The fourth-order valence-corrected chi connectivity index (χ4v) is 4.35. The largest absolute Gasteiger partial charge is 0.325 e. The summed E-state index contributed by atoms with van der Waals surface area (Å²) < 4.78 is 13.6. The fraction of sp³-hybridized carbons (Fsp3) is 0.217. The van der Waals surface area contributed by atoms with Gasteiger partial charge in [0.05, 0.1) is 11.5 Å². The highest BCUT2D eigenvalue weighted by atomic mass is 32.2. The summed E-state index contributed by atoms with van der Waals surface area (Å²) in [6, 6.07) is 12.0. The Labute approximate surface area is 187 Å². The summed E-state index contributed by atoms with van der Waals surface area (Å²) in [5.41, 5.74) is 2.76. The molecule has 0 saturated heterocycles. The van der Waals surface area contributed by atoms with Crippen molar-refractivity contribution >= 4 is 35.1 Å². The van der Waals surface area contributed by atoms with E-state index in [1.54, 1.807) is 13.0 Å². The fourth-order valence-electron chi connectivity index (χ4n) is 3.55. The minimum Gasteiger partial charge on any atom is -0.325 e. The molecule has 0 saturated carbocycles. The van der Waals surface area contributed by atoms with Crippen LogP contribution in [0.15, 0.2) is 52.4 Å². The molecule has 0 bridgehead atoms. The Morgan fingerprint density at radius 3 is 2.81 bits per heavy atom. The van der Waals surface area contributed by atoms with E-state index in [1.165, 1.54) is 23.9 Å². The van der Waals surface area contributed by atoms with Crippen LogP contribution in [0.5, 0.6) is 0 Å². The van der Waals surface area contributed by atoms with Crippen LogP contribution in [0.2, 0.25) is 0 Å². The summed E-state index contributed by atoms with van der Waals surface area (Å²) >= 11 is 1.33. The van der Waals surface area contributed by atoms with E-state index in [4.69, 9.17) is 0 Å². The molecular formula is C23H21FN4O3S. The van der Waals surface area contributed by atoms with Crippen LogP contribution < -0.4 is 16.2 Å². The second kappa shape index (κ2) is 8.96. The number of nitrogens with one attached hydrogen (secondary N) is 3. The van der Waals surface area contributed by atoms with Crippen molar-refractivity contribution < 1.29 is 14.0 Å². The molecule has 0 fully saturated rings. The van der Waals surface area contributed by atoms with Gasteiger partial charge in [-0.25, -0.2) is 9.37 Å². The van der Waals surface area contributed by atoms with Gasteiger partial charge in [-0.1, -0.05) is 47.7 Å². The van der Waals surface area contributed by atoms with E-state index in [0.717, 1.165) is 11.1 Å². The van der Waals surface area contributed by atoms with Crippen molar-refractivity contribution in [3.8, 4) is 0 Å². The first-order valence-electron chi connectivity index (χ1n) is 9.99. The number of amides is 2. The first-order valence-corrected chi connectivity index (χ1v) is 11.0. The molecule has 0 radical (unpaired) electrons.